The summed E-state index contributed by atoms with van der Waals surface area (Å²) in [7, 11) is 0. The second-order valence-electron chi connectivity index (χ2n) is 6.44. The minimum Gasteiger partial charge on any atom is -0.367 e. The topological polar surface area (TPSA) is 79.4 Å². The number of hydrogen-bond donors (Lipinski definition) is 2. The van der Waals surface area contributed by atoms with Crippen molar-refractivity contribution in [3.8, 4) is 11.4 Å². The predicted octanol–water partition coefficient (Wildman–Crippen LogP) is 3.77. The van der Waals surface area contributed by atoms with Gasteiger partial charge < -0.3 is 5.32 Å². The van der Waals surface area contributed by atoms with Crippen molar-refractivity contribution in [2.75, 3.05) is 5.32 Å². The number of H-pyrrole nitrogens is 1. The fourth-order valence-corrected chi connectivity index (χ4v) is 2.99. The van der Waals surface area contributed by atoms with Crippen LogP contribution in [0.3, 0.4) is 0 Å². The molecule has 6 nitrogen and oxygen atoms in total. The van der Waals surface area contributed by atoms with Crippen LogP contribution in [0.5, 0.6) is 0 Å². The zero-order chi connectivity index (χ0) is 17.9. The van der Waals surface area contributed by atoms with Gasteiger partial charge in [0.25, 0.3) is 0 Å². The Morgan fingerprint density at radius 1 is 1.08 bits per heavy atom. The van der Waals surface area contributed by atoms with Crippen LogP contribution in [0.15, 0.2) is 54.9 Å². The highest BCUT2D eigenvalue weighted by molar-refractivity contribution is 5.90. The lowest BCUT2D eigenvalue weighted by molar-refractivity contribution is 0.761. The third-order valence-corrected chi connectivity index (χ3v) is 4.20. The van der Waals surface area contributed by atoms with Crippen molar-refractivity contribution in [2.24, 2.45) is 0 Å². The maximum absolute atomic E-state index is 4.78. The lowest BCUT2D eigenvalue weighted by Gasteiger charge is -2.16. The minimum absolute atomic E-state index is 0.182. The quantitative estimate of drug-likeness (QED) is 0.576. The Hall–Kier alpha value is -3.28. The van der Waals surface area contributed by atoms with E-state index in [0.717, 1.165) is 40.1 Å². The molecule has 2 N–H and O–H groups in total. The predicted molar refractivity (Wildman–Crippen MR) is 103 cm³/mol. The van der Waals surface area contributed by atoms with Crippen molar-refractivity contribution < 1.29 is 0 Å². The smallest absolute Gasteiger partial charge is 0.162 e. The molecule has 0 aliphatic carbocycles. The highest BCUT2D eigenvalue weighted by Gasteiger charge is 2.12. The largest absolute Gasteiger partial charge is 0.367 e. The van der Waals surface area contributed by atoms with Crippen molar-refractivity contribution in [3.63, 3.8) is 0 Å². The molecule has 0 aliphatic heterocycles. The molecule has 1 unspecified atom stereocenters. The van der Waals surface area contributed by atoms with Gasteiger partial charge in [-0.05, 0) is 44.2 Å². The van der Waals surface area contributed by atoms with Crippen molar-refractivity contribution in [3.05, 3.63) is 66.2 Å². The Labute approximate surface area is 151 Å². The third-order valence-electron chi connectivity index (χ3n) is 4.20. The number of anilines is 1. The molecule has 4 aromatic rings. The van der Waals surface area contributed by atoms with E-state index in [-0.39, 0.29) is 6.04 Å². The number of pyridine rings is 1. The fourth-order valence-electron chi connectivity index (χ4n) is 2.99. The Morgan fingerprint density at radius 3 is 2.65 bits per heavy atom. The first kappa shape index (κ1) is 16.2. The molecule has 0 saturated carbocycles. The molecular formula is C20H20N6. The summed E-state index contributed by atoms with van der Waals surface area (Å²) in [6, 6.07) is 14.1. The van der Waals surface area contributed by atoms with Crippen LogP contribution in [0.4, 0.5) is 5.82 Å². The second-order valence-corrected chi connectivity index (χ2v) is 6.44. The molecule has 0 fully saturated rings. The van der Waals surface area contributed by atoms with E-state index >= 15 is 0 Å². The first-order chi connectivity index (χ1) is 12.7. The lowest BCUT2D eigenvalue weighted by atomic mass is 10.1. The number of aromatic nitrogens is 5. The molecule has 0 amide bonds. The molecule has 3 aromatic heterocycles. The number of para-hydroxylation sites is 1. The number of fused-ring (bicyclic) bond motifs is 1. The minimum atomic E-state index is 0.182. The fraction of sp³-hybridized carbons (Fsp3) is 0.200. The number of nitrogens with zero attached hydrogens (tertiary/aromatic N) is 4. The summed E-state index contributed by atoms with van der Waals surface area (Å²) in [4.78, 5) is 13.6. The van der Waals surface area contributed by atoms with Gasteiger partial charge in [-0.15, -0.1) is 0 Å². The second kappa shape index (κ2) is 6.92. The number of benzene rings is 1. The number of nitrogens with one attached hydrogen (secondary N) is 2. The lowest BCUT2D eigenvalue weighted by Crippen LogP contribution is -2.19. The highest BCUT2D eigenvalue weighted by atomic mass is 15.1. The summed E-state index contributed by atoms with van der Waals surface area (Å²) in [5.41, 5.74) is 3.97. The van der Waals surface area contributed by atoms with Gasteiger partial charge in [0.05, 0.1) is 11.2 Å². The molecule has 0 aliphatic rings. The first-order valence-corrected chi connectivity index (χ1v) is 8.63. The average Bonchev–Trinajstić information content (AvgIpc) is 3.07. The molecule has 0 bridgehead atoms. The zero-order valence-corrected chi connectivity index (χ0v) is 14.8. The van der Waals surface area contributed by atoms with Crippen LogP contribution in [0, 0.1) is 6.92 Å². The van der Waals surface area contributed by atoms with Gasteiger partial charge in [-0.25, -0.2) is 9.97 Å². The highest BCUT2D eigenvalue weighted by Crippen LogP contribution is 2.25. The van der Waals surface area contributed by atoms with Crippen LogP contribution < -0.4 is 5.32 Å². The number of aromatic amines is 1. The Bertz CT molecular complexity index is 1020. The van der Waals surface area contributed by atoms with Gasteiger partial charge in [0.2, 0.25) is 0 Å². The van der Waals surface area contributed by atoms with Gasteiger partial charge in [-0.3, -0.25) is 10.1 Å². The molecule has 0 saturated heterocycles. The monoisotopic (exact) mass is 344 g/mol. The Kier molecular flexibility index (Phi) is 4.31. The van der Waals surface area contributed by atoms with E-state index in [1.54, 1.807) is 12.4 Å². The van der Waals surface area contributed by atoms with Crippen molar-refractivity contribution in [2.45, 2.75) is 26.3 Å². The van der Waals surface area contributed by atoms with Gasteiger partial charge >= 0.3 is 0 Å². The summed E-state index contributed by atoms with van der Waals surface area (Å²) in [5, 5.41) is 11.9. The van der Waals surface area contributed by atoms with Crippen molar-refractivity contribution >= 4 is 16.7 Å². The molecule has 1 atom stereocenters. The number of rotatable bonds is 5. The van der Waals surface area contributed by atoms with Crippen LogP contribution in [-0.2, 0) is 6.42 Å². The molecule has 26 heavy (non-hydrogen) atoms. The SMILES string of the molecule is Cc1cc(CC(C)Nc2nc(-c3ccncc3)nc3ccccc23)n[nH]1. The molecular weight excluding hydrogens is 324 g/mol. The van der Waals surface area contributed by atoms with Crippen LogP contribution in [-0.4, -0.2) is 31.2 Å². The average molecular weight is 344 g/mol. The molecule has 3 heterocycles. The normalized spacial score (nSPS) is 12.2. The van der Waals surface area contributed by atoms with Gasteiger partial charge in [-0.2, -0.15) is 5.10 Å². The summed E-state index contributed by atoms with van der Waals surface area (Å²) >= 11 is 0. The molecule has 1 aromatic carbocycles. The van der Waals surface area contributed by atoms with Crippen LogP contribution in [0.2, 0.25) is 0 Å². The van der Waals surface area contributed by atoms with Gasteiger partial charge in [-0.1, -0.05) is 12.1 Å². The van der Waals surface area contributed by atoms with Gasteiger partial charge in [0.1, 0.15) is 5.82 Å². The molecule has 0 radical (unpaired) electrons. The first-order valence-electron chi connectivity index (χ1n) is 8.63. The van der Waals surface area contributed by atoms with Gasteiger partial charge in [0.15, 0.2) is 5.82 Å². The molecule has 130 valence electrons. The van der Waals surface area contributed by atoms with E-state index in [1.807, 2.05) is 43.3 Å². The molecule has 6 heteroatoms. The summed E-state index contributed by atoms with van der Waals surface area (Å²) in [6.45, 7) is 4.14. The van der Waals surface area contributed by atoms with E-state index in [1.165, 1.54) is 0 Å². The van der Waals surface area contributed by atoms with E-state index in [9.17, 15) is 0 Å². The van der Waals surface area contributed by atoms with Crippen molar-refractivity contribution in [1.29, 1.82) is 0 Å². The Morgan fingerprint density at radius 2 is 1.88 bits per heavy atom. The van der Waals surface area contributed by atoms with Gasteiger partial charge in [0, 0.05) is 41.5 Å². The van der Waals surface area contributed by atoms with Crippen LogP contribution in [0.1, 0.15) is 18.3 Å². The standard InChI is InChI=1S/C20H20N6/c1-13(11-16-12-14(2)25-26-16)22-20-17-5-3-4-6-18(17)23-19(24-20)15-7-9-21-10-8-15/h3-10,12-13H,11H2,1-2H3,(H,25,26)(H,22,23,24). The number of aryl methyl sites for hydroxylation is 1. The zero-order valence-electron chi connectivity index (χ0n) is 14.8. The maximum atomic E-state index is 4.78. The summed E-state index contributed by atoms with van der Waals surface area (Å²) in [5.74, 6) is 1.53. The maximum Gasteiger partial charge on any atom is 0.162 e. The summed E-state index contributed by atoms with van der Waals surface area (Å²) in [6.07, 6.45) is 4.32. The van der Waals surface area contributed by atoms with E-state index in [4.69, 9.17) is 9.97 Å². The van der Waals surface area contributed by atoms with E-state index in [0.29, 0.717) is 5.82 Å². The third kappa shape index (κ3) is 3.39. The summed E-state index contributed by atoms with van der Waals surface area (Å²) < 4.78 is 0. The van der Waals surface area contributed by atoms with E-state index < -0.39 is 0 Å². The van der Waals surface area contributed by atoms with Crippen LogP contribution in [0.25, 0.3) is 22.3 Å². The van der Waals surface area contributed by atoms with Crippen LogP contribution >= 0.6 is 0 Å². The van der Waals surface area contributed by atoms with Crippen molar-refractivity contribution in [1.82, 2.24) is 25.1 Å². The van der Waals surface area contributed by atoms with E-state index in [2.05, 4.69) is 33.5 Å². The molecule has 0 spiro atoms. The Balaban J connectivity index is 1.68. The molecule has 4 rings (SSSR count). The number of hydrogen-bond acceptors (Lipinski definition) is 5.